The van der Waals surface area contributed by atoms with Crippen molar-refractivity contribution in [2.75, 3.05) is 13.1 Å². The number of hydrogen-bond donors (Lipinski definition) is 1. The fourth-order valence-corrected chi connectivity index (χ4v) is 4.31. The first-order chi connectivity index (χ1) is 11.8. The molecule has 5 heteroatoms. The first-order valence-electron chi connectivity index (χ1n) is 9.21. The van der Waals surface area contributed by atoms with Gasteiger partial charge in [-0.2, -0.15) is 0 Å². The van der Waals surface area contributed by atoms with E-state index in [2.05, 4.69) is 13.8 Å². The summed E-state index contributed by atoms with van der Waals surface area (Å²) in [6.45, 7) is 7.52. The van der Waals surface area contributed by atoms with Crippen LogP contribution in [0.25, 0.3) is 0 Å². The lowest BCUT2D eigenvalue weighted by Crippen LogP contribution is -2.54. The number of aryl methyl sites for hydroxylation is 1. The highest BCUT2D eigenvalue weighted by molar-refractivity contribution is 6.30. The molecule has 1 aromatic carbocycles. The zero-order valence-electron chi connectivity index (χ0n) is 15.3. The summed E-state index contributed by atoms with van der Waals surface area (Å²) in [5, 5.41) is 10.9. The zero-order chi connectivity index (χ0) is 18.2. The lowest BCUT2D eigenvalue weighted by atomic mass is 9.80. The van der Waals surface area contributed by atoms with Crippen molar-refractivity contribution >= 4 is 17.5 Å². The van der Waals surface area contributed by atoms with Crippen molar-refractivity contribution < 1.29 is 14.6 Å². The second-order valence-corrected chi connectivity index (χ2v) is 8.36. The zero-order valence-corrected chi connectivity index (χ0v) is 16.1. The second-order valence-electron chi connectivity index (χ2n) is 7.93. The number of carbonyl (C=O) groups excluding carboxylic acids is 1. The molecule has 138 valence electrons. The van der Waals surface area contributed by atoms with Crippen LogP contribution in [0.3, 0.4) is 0 Å². The molecule has 0 aliphatic carbocycles. The van der Waals surface area contributed by atoms with Crippen LogP contribution in [0.5, 0.6) is 0 Å². The summed E-state index contributed by atoms with van der Waals surface area (Å²) in [5.74, 6) is 0.448. The standard InChI is InChI=1S/C20H28ClNO3/c1-13(2)18-11-16(23)12-20(25-18)6-8-22(9-7-20)19(24)17-5-4-15(21)10-14(17)3/h4-5,10,13,16,18,23H,6-9,11-12H2,1-3H3/t16-,18-/m1/s1. The number of nitrogens with zero attached hydrogens (tertiary/aromatic N) is 1. The minimum Gasteiger partial charge on any atom is -0.393 e. The summed E-state index contributed by atoms with van der Waals surface area (Å²) in [5.41, 5.74) is 1.34. The fourth-order valence-electron chi connectivity index (χ4n) is 4.08. The molecule has 0 unspecified atom stereocenters. The van der Waals surface area contributed by atoms with Crippen LogP contribution in [0.15, 0.2) is 18.2 Å². The Morgan fingerprint density at radius 2 is 2.04 bits per heavy atom. The molecule has 0 aromatic heterocycles. The molecule has 0 bridgehead atoms. The predicted octanol–water partition coefficient (Wildman–Crippen LogP) is 3.82. The molecule has 0 saturated carbocycles. The molecule has 0 radical (unpaired) electrons. The van der Waals surface area contributed by atoms with Gasteiger partial charge in [0.25, 0.3) is 5.91 Å². The Hall–Kier alpha value is -1.10. The van der Waals surface area contributed by atoms with Crippen LogP contribution in [0.4, 0.5) is 0 Å². The van der Waals surface area contributed by atoms with E-state index in [1.165, 1.54) is 0 Å². The van der Waals surface area contributed by atoms with Gasteiger partial charge in [-0.05, 0) is 55.9 Å². The lowest BCUT2D eigenvalue weighted by molar-refractivity contribution is -0.190. The van der Waals surface area contributed by atoms with Crippen molar-refractivity contribution in [1.82, 2.24) is 4.90 Å². The van der Waals surface area contributed by atoms with E-state index < -0.39 is 0 Å². The third-order valence-corrected chi connectivity index (χ3v) is 5.87. The van der Waals surface area contributed by atoms with Gasteiger partial charge >= 0.3 is 0 Å². The number of aliphatic hydroxyl groups excluding tert-OH is 1. The Balaban J connectivity index is 1.67. The fraction of sp³-hybridized carbons (Fsp3) is 0.650. The van der Waals surface area contributed by atoms with Crippen LogP contribution in [-0.2, 0) is 4.74 Å². The van der Waals surface area contributed by atoms with Crippen LogP contribution in [0, 0.1) is 12.8 Å². The summed E-state index contributed by atoms with van der Waals surface area (Å²) in [6.07, 6.45) is 2.76. The smallest absolute Gasteiger partial charge is 0.254 e. The third kappa shape index (κ3) is 4.02. The number of piperidine rings is 1. The Bertz CT molecular complexity index is 638. The molecule has 25 heavy (non-hydrogen) atoms. The van der Waals surface area contributed by atoms with Crippen molar-refractivity contribution in [3.63, 3.8) is 0 Å². The van der Waals surface area contributed by atoms with E-state index in [0.717, 1.165) is 18.4 Å². The molecule has 1 N–H and O–H groups in total. The molecule has 2 aliphatic heterocycles. The van der Waals surface area contributed by atoms with Gasteiger partial charge in [-0.25, -0.2) is 0 Å². The maximum Gasteiger partial charge on any atom is 0.254 e. The summed E-state index contributed by atoms with van der Waals surface area (Å²) in [4.78, 5) is 14.7. The first-order valence-corrected chi connectivity index (χ1v) is 9.59. The SMILES string of the molecule is Cc1cc(Cl)ccc1C(=O)N1CCC2(CC1)C[C@H](O)C[C@H](C(C)C)O2. The summed E-state index contributed by atoms with van der Waals surface area (Å²) in [6, 6.07) is 5.40. The van der Waals surface area contributed by atoms with Gasteiger partial charge in [-0.15, -0.1) is 0 Å². The normalized spacial score (nSPS) is 26.2. The average Bonchev–Trinajstić information content (AvgIpc) is 2.54. The monoisotopic (exact) mass is 365 g/mol. The van der Waals surface area contributed by atoms with Crippen LogP contribution in [-0.4, -0.2) is 46.8 Å². The van der Waals surface area contributed by atoms with E-state index in [1.54, 1.807) is 12.1 Å². The highest BCUT2D eigenvalue weighted by Crippen LogP contribution is 2.39. The number of ether oxygens (including phenoxy) is 1. The number of amides is 1. The van der Waals surface area contributed by atoms with Gasteiger partial charge in [-0.1, -0.05) is 25.4 Å². The van der Waals surface area contributed by atoms with Gasteiger partial charge in [0.05, 0.1) is 17.8 Å². The van der Waals surface area contributed by atoms with Crippen molar-refractivity contribution in [3.05, 3.63) is 34.3 Å². The molecule has 2 heterocycles. The van der Waals surface area contributed by atoms with Crippen LogP contribution in [0.2, 0.25) is 5.02 Å². The number of hydrogen-bond acceptors (Lipinski definition) is 3. The van der Waals surface area contributed by atoms with E-state index >= 15 is 0 Å². The quantitative estimate of drug-likeness (QED) is 0.866. The van der Waals surface area contributed by atoms with Gasteiger partial charge in [0.2, 0.25) is 0 Å². The average molecular weight is 366 g/mol. The molecule has 1 aromatic rings. The van der Waals surface area contributed by atoms with Gasteiger partial charge in [0.15, 0.2) is 0 Å². The topological polar surface area (TPSA) is 49.8 Å². The van der Waals surface area contributed by atoms with Crippen molar-refractivity contribution in [2.45, 2.75) is 64.3 Å². The Labute approximate surface area is 155 Å². The molecule has 2 fully saturated rings. The number of rotatable bonds is 2. The summed E-state index contributed by atoms with van der Waals surface area (Å²) < 4.78 is 6.40. The van der Waals surface area contributed by atoms with Crippen molar-refractivity contribution in [3.8, 4) is 0 Å². The van der Waals surface area contributed by atoms with E-state index in [9.17, 15) is 9.90 Å². The second kappa shape index (κ2) is 7.26. The largest absolute Gasteiger partial charge is 0.393 e. The maximum absolute atomic E-state index is 12.8. The van der Waals surface area contributed by atoms with Crippen LogP contribution >= 0.6 is 11.6 Å². The number of carbonyl (C=O) groups is 1. The molecule has 1 amide bonds. The maximum atomic E-state index is 12.8. The molecular weight excluding hydrogens is 338 g/mol. The molecule has 2 saturated heterocycles. The lowest BCUT2D eigenvalue weighted by Gasteiger charge is -2.48. The van der Waals surface area contributed by atoms with E-state index in [4.69, 9.17) is 16.3 Å². The predicted molar refractivity (Wildman–Crippen MR) is 99.0 cm³/mol. The Morgan fingerprint density at radius 1 is 1.36 bits per heavy atom. The van der Waals surface area contributed by atoms with Crippen molar-refractivity contribution in [2.24, 2.45) is 5.92 Å². The third-order valence-electron chi connectivity index (χ3n) is 5.64. The minimum atomic E-state index is -0.304. The number of likely N-dealkylation sites (tertiary alicyclic amines) is 1. The summed E-state index contributed by atoms with van der Waals surface area (Å²) >= 11 is 5.99. The Kier molecular flexibility index (Phi) is 5.42. The minimum absolute atomic E-state index is 0.0563. The first kappa shape index (κ1) is 18.7. The number of halogens is 1. The molecule has 2 atom stereocenters. The van der Waals surface area contributed by atoms with E-state index in [1.807, 2.05) is 17.9 Å². The summed E-state index contributed by atoms with van der Waals surface area (Å²) in [7, 11) is 0. The Morgan fingerprint density at radius 3 is 2.64 bits per heavy atom. The van der Waals surface area contributed by atoms with E-state index in [-0.39, 0.29) is 23.7 Å². The molecule has 3 rings (SSSR count). The van der Waals surface area contributed by atoms with E-state index in [0.29, 0.717) is 42.4 Å². The molecule has 2 aliphatic rings. The van der Waals surface area contributed by atoms with Gasteiger partial charge in [-0.3, -0.25) is 4.79 Å². The molecule has 4 nitrogen and oxygen atoms in total. The molecular formula is C20H28ClNO3. The highest BCUT2D eigenvalue weighted by atomic mass is 35.5. The molecule has 1 spiro atoms. The number of aliphatic hydroxyl groups is 1. The van der Waals surface area contributed by atoms with Gasteiger partial charge in [0, 0.05) is 30.1 Å². The van der Waals surface area contributed by atoms with Crippen LogP contribution < -0.4 is 0 Å². The number of benzene rings is 1. The van der Waals surface area contributed by atoms with Gasteiger partial charge in [0.1, 0.15) is 0 Å². The van der Waals surface area contributed by atoms with Crippen LogP contribution in [0.1, 0.15) is 55.5 Å². The highest BCUT2D eigenvalue weighted by Gasteiger charge is 2.44. The van der Waals surface area contributed by atoms with Crippen molar-refractivity contribution in [1.29, 1.82) is 0 Å². The van der Waals surface area contributed by atoms with Gasteiger partial charge < -0.3 is 14.7 Å².